The van der Waals surface area contributed by atoms with Gasteiger partial charge in [0.2, 0.25) is 0 Å². The standard InChI is InChI=1S/C23H21FN2O/c1-15-10-12-16(13-11-15)20-14-21(18-7-3-5-9-22(18)27)26-23(25-20)17-6-2-4-8-19(17)24/h2-13,21,23,26-27H,14H2,1H3/t21-,23-/m1/s1. The van der Waals surface area contributed by atoms with Crippen LogP contribution < -0.4 is 5.32 Å². The predicted octanol–water partition coefficient (Wildman–Crippen LogP) is 5.06. The number of aryl methyl sites for hydroxylation is 1. The van der Waals surface area contributed by atoms with Gasteiger partial charge in [0.1, 0.15) is 17.7 Å². The molecule has 3 nitrogen and oxygen atoms in total. The summed E-state index contributed by atoms with van der Waals surface area (Å²) in [6.07, 6.45) is 0.104. The number of aromatic hydroxyl groups is 1. The lowest BCUT2D eigenvalue weighted by molar-refractivity contribution is 0.405. The fraction of sp³-hybridized carbons (Fsp3) is 0.174. The Morgan fingerprint density at radius 1 is 0.926 bits per heavy atom. The molecule has 0 aliphatic carbocycles. The lowest BCUT2D eigenvalue weighted by atomic mass is 9.93. The molecule has 0 radical (unpaired) electrons. The molecule has 0 amide bonds. The average Bonchev–Trinajstić information content (AvgIpc) is 2.69. The van der Waals surface area contributed by atoms with Crippen molar-refractivity contribution in [1.29, 1.82) is 0 Å². The second-order valence-electron chi connectivity index (χ2n) is 6.85. The first-order chi connectivity index (χ1) is 13.1. The molecule has 0 spiro atoms. The lowest BCUT2D eigenvalue weighted by Crippen LogP contribution is -2.33. The molecule has 4 heteroatoms. The van der Waals surface area contributed by atoms with E-state index in [1.807, 2.05) is 49.4 Å². The van der Waals surface area contributed by atoms with Crippen molar-refractivity contribution in [1.82, 2.24) is 5.32 Å². The predicted molar refractivity (Wildman–Crippen MR) is 105 cm³/mol. The molecule has 4 rings (SSSR count). The second kappa shape index (κ2) is 7.33. The van der Waals surface area contributed by atoms with Crippen molar-refractivity contribution < 1.29 is 9.50 Å². The topological polar surface area (TPSA) is 44.6 Å². The number of rotatable bonds is 3. The van der Waals surface area contributed by atoms with E-state index in [2.05, 4.69) is 5.32 Å². The Bertz CT molecular complexity index is 982. The smallest absolute Gasteiger partial charge is 0.129 e. The molecule has 136 valence electrons. The molecule has 0 fully saturated rings. The quantitative estimate of drug-likeness (QED) is 0.685. The van der Waals surface area contributed by atoms with Crippen LogP contribution in [0.4, 0.5) is 4.39 Å². The Morgan fingerprint density at radius 3 is 2.30 bits per heavy atom. The summed E-state index contributed by atoms with van der Waals surface area (Å²) in [6.45, 7) is 2.04. The Kier molecular flexibility index (Phi) is 4.73. The maximum atomic E-state index is 14.4. The number of hydrogen-bond acceptors (Lipinski definition) is 3. The summed E-state index contributed by atoms with van der Waals surface area (Å²) in [6, 6.07) is 22.0. The Labute approximate surface area is 158 Å². The summed E-state index contributed by atoms with van der Waals surface area (Å²) in [4.78, 5) is 4.80. The van der Waals surface area contributed by atoms with Crippen LogP contribution in [0.3, 0.4) is 0 Å². The number of nitrogens with one attached hydrogen (secondary N) is 1. The zero-order valence-corrected chi connectivity index (χ0v) is 15.1. The molecule has 1 aliphatic heterocycles. The van der Waals surface area contributed by atoms with Gasteiger partial charge in [0.05, 0.1) is 0 Å². The van der Waals surface area contributed by atoms with Gasteiger partial charge in [-0.15, -0.1) is 0 Å². The van der Waals surface area contributed by atoms with Crippen molar-refractivity contribution in [2.45, 2.75) is 25.6 Å². The summed E-state index contributed by atoms with van der Waals surface area (Å²) < 4.78 is 14.4. The van der Waals surface area contributed by atoms with Gasteiger partial charge in [0, 0.05) is 29.3 Å². The molecule has 2 atom stereocenters. The van der Waals surface area contributed by atoms with Gasteiger partial charge in [-0.25, -0.2) is 4.39 Å². The van der Waals surface area contributed by atoms with Crippen molar-refractivity contribution in [3.8, 4) is 5.75 Å². The Balaban J connectivity index is 1.78. The van der Waals surface area contributed by atoms with Crippen LogP contribution in [0.25, 0.3) is 0 Å². The van der Waals surface area contributed by atoms with E-state index < -0.39 is 6.17 Å². The first-order valence-corrected chi connectivity index (χ1v) is 9.04. The summed E-state index contributed by atoms with van der Waals surface area (Å²) in [5, 5.41) is 13.7. The fourth-order valence-corrected chi connectivity index (χ4v) is 3.47. The lowest BCUT2D eigenvalue weighted by Gasteiger charge is -2.31. The van der Waals surface area contributed by atoms with Gasteiger partial charge in [-0.2, -0.15) is 0 Å². The van der Waals surface area contributed by atoms with Gasteiger partial charge >= 0.3 is 0 Å². The van der Waals surface area contributed by atoms with Crippen LogP contribution in [0.2, 0.25) is 0 Å². The molecule has 1 aliphatic rings. The van der Waals surface area contributed by atoms with Gasteiger partial charge < -0.3 is 5.11 Å². The van der Waals surface area contributed by atoms with E-state index in [4.69, 9.17) is 4.99 Å². The maximum Gasteiger partial charge on any atom is 0.129 e. The monoisotopic (exact) mass is 360 g/mol. The number of nitrogens with zero attached hydrogens (tertiary/aromatic N) is 1. The average molecular weight is 360 g/mol. The zero-order valence-electron chi connectivity index (χ0n) is 15.1. The summed E-state index contributed by atoms with van der Waals surface area (Å²) in [5.41, 5.74) is 4.39. The minimum atomic E-state index is -0.513. The van der Waals surface area contributed by atoms with Crippen molar-refractivity contribution >= 4 is 5.71 Å². The van der Waals surface area contributed by atoms with Gasteiger partial charge in [0.25, 0.3) is 0 Å². The van der Waals surface area contributed by atoms with Crippen LogP contribution in [0.1, 0.15) is 40.9 Å². The van der Waals surface area contributed by atoms with E-state index in [1.165, 1.54) is 11.6 Å². The zero-order chi connectivity index (χ0) is 18.8. The van der Waals surface area contributed by atoms with Crippen molar-refractivity contribution in [3.63, 3.8) is 0 Å². The highest BCUT2D eigenvalue weighted by atomic mass is 19.1. The number of para-hydroxylation sites is 1. The molecule has 27 heavy (non-hydrogen) atoms. The van der Waals surface area contributed by atoms with Gasteiger partial charge in [-0.1, -0.05) is 66.2 Å². The van der Waals surface area contributed by atoms with Crippen LogP contribution in [0.15, 0.2) is 77.8 Å². The molecule has 3 aromatic rings. The van der Waals surface area contributed by atoms with Gasteiger partial charge in [0.15, 0.2) is 0 Å². The molecule has 0 saturated carbocycles. The molecule has 0 aromatic heterocycles. The number of aliphatic imine (C=N–C) groups is 1. The first-order valence-electron chi connectivity index (χ1n) is 9.04. The molecular formula is C23H21FN2O. The SMILES string of the molecule is Cc1ccc(C2=N[C@@H](c3ccccc3F)N[C@@H](c3ccccc3O)C2)cc1. The molecule has 0 unspecified atom stereocenters. The van der Waals surface area contributed by atoms with E-state index in [0.29, 0.717) is 12.0 Å². The first kappa shape index (κ1) is 17.4. The Hall–Kier alpha value is -2.98. The highest BCUT2D eigenvalue weighted by molar-refractivity contribution is 6.01. The molecule has 0 saturated heterocycles. The number of hydrogen-bond donors (Lipinski definition) is 2. The normalized spacial score (nSPS) is 19.6. The van der Waals surface area contributed by atoms with Crippen molar-refractivity contribution in [2.75, 3.05) is 0 Å². The molecular weight excluding hydrogens is 339 g/mol. The van der Waals surface area contributed by atoms with Gasteiger partial charge in [-0.3, -0.25) is 10.3 Å². The van der Waals surface area contributed by atoms with Gasteiger partial charge in [-0.05, 0) is 24.6 Å². The molecule has 0 bridgehead atoms. The summed E-state index contributed by atoms with van der Waals surface area (Å²) >= 11 is 0. The van der Waals surface area contributed by atoms with E-state index in [0.717, 1.165) is 16.8 Å². The fourth-order valence-electron chi connectivity index (χ4n) is 3.47. The van der Waals surface area contributed by atoms with Crippen LogP contribution >= 0.6 is 0 Å². The molecule has 3 aromatic carbocycles. The van der Waals surface area contributed by atoms with Crippen LogP contribution in [-0.4, -0.2) is 10.8 Å². The number of phenolic OH excluding ortho intramolecular Hbond substituents is 1. The van der Waals surface area contributed by atoms with E-state index in [9.17, 15) is 9.50 Å². The van der Waals surface area contributed by atoms with E-state index >= 15 is 0 Å². The highest BCUT2D eigenvalue weighted by Gasteiger charge is 2.28. The van der Waals surface area contributed by atoms with E-state index in [-0.39, 0.29) is 17.6 Å². The third-order valence-corrected chi connectivity index (χ3v) is 4.94. The molecule has 1 heterocycles. The molecule has 2 N–H and O–H groups in total. The van der Waals surface area contributed by atoms with E-state index in [1.54, 1.807) is 24.3 Å². The summed E-state index contributed by atoms with van der Waals surface area (Å²) in [7, 11) is 0. The highest BCUT2D eigenvalue weighted by Crippen LogP contribution is 2.34. The maximum absolute atomic E-state index is 14.4. The second-order valence-corrected chi connectivity index (χ2v) is 6.85. The van der Waals surface area contributed by atoms with Crippen LogP contribution in [0, 0.1) is 12.7 Å². The number of benzene rings is 3. The third-order valence-electron chi connectivity index (χ3n) is 4.94. The minimum absolute atomic E-state index is 0.162. The number of halogens is 1. The number of phenols is 1. The van der Waals surface area contributed by atoms with Crippen molar-refractivity contribution in [3.05, 3.63) is 101 Å². The summed E-state index contributed by atoms with van der Waals surface area (Å²) in [5.74, 6) is -0.0626. The minimum Gasteiger partial charge on any atom is -0.508 e. The van der Waals surface area contributed by atoms with Crippen LogP contribution in [0.5, 0.6) is 5.75 Å². The van der Waals surface area contributed by atoms with Crippen molar-refractivity contribution in [2.24, 2.45) is 4.99 Å². The largest absolute Gasteiger partial charge is 0.508 e. The third kappa shape index (κ3) is 3.62. The Morgan fingerprint density at radius 2 is 1.59 bits per heavy atom. The van der Waals surface area contributed by atoms with Crippen LogP contribution in [-0.2, 0) is 0 Å².